The highest BCUT2D eigenvalue weighted by atomic mass is 32.2. The summed E-state index contributed by atoms with van der Waals surface area (Å²) in [4.78, 5) is 3.77. The Hall–Kier alpha value is -2.51. The van der Waals surface area contributed by atoms with Gasteiger partial charge in [0.15, 0.2) is 11.5 Å². The van der Waals surface area contributed by atoms with Crippen molar-refractivity contribution in [3.05, 3.63) is 53.7 Å². The highest BCUT2D eigenvalue weighted by Gasteiger charge is 2.31. The predicted molar refractivity (Wildman–Crippen MR) is 106 cm³/mol. The molecular formula is C21H22N2O4S. The number of sulfonamides is 1. The van der Waals surface area contributed by atoms with E-state index in [1.807, 2.05) is 0 Å². The third-order valence-corrected chi connectivity index (χ3v) is 7.57. The van der Waals surface area contributed by atoms with Crippen LogP contribution in [0.1, 0.15) is 30.0 Å². The van der Waals surface area contributed by atoms with Crippen LogP contribution in [-0.2, 0) is 10.0 Å². The third kappa shape index (κ3) is 2.95. The number of aromatic nitrogens is 1. The number of hydrogen-bond acceptors (Lipinski definition) is 4. The molecule has 28 heavy (non-hydrogen) atoms. The molecule has 0 saturated carbocycles. The van der Waals surface area contributed by atoms with Gasteiger partial charge in [-0.15, -0.1) is 0 Å². The first kappa shape index (κ1) is 17.6. The maximum Gasteiger partial charge on any atom is 0.243 e. The summed E-state index contributed by atoms with van der Waals surface area (Å²) < 4.78 is 38.2. The lowest BCUT2D eigenvalue weighted by atomic mass is 9.95. The van der Waals surface area contributed by atoms with Crippen LogP contribution in [-0.4, -0.2) is 37.6 Å². The van der Waals surface area contributed by atoms with Crippen molar-refractivity contribution < 1.29 is 17.9 Å². The zero-order valence-corrected chi connectivity index (χ0v) is 16.5. The number of fused-ring (bicyclic) bond motifs is 2. The van der Waals surface area contributed by atoms with Gasteiger partial charge in [0, 0.05) is 36.3 Å². The second-order valence-corrected chi connectivity index (χ2v) is 9.45. The number of piperidine rings is 1. The van der Waals surface area contributed by atoms with Crippen LogP contribution in [0.15, 0.2) is 47.4 Å². The summed E-state index contributed by atoms with van der Waals surface area (Å²) in [7, 11) is -3.53. The first-order valence-corrected chi connectivity index (χ1v) is 10.9. The normalized spacial score (nSPS) is 18.0. The van der Waals surface area contributed by atoms with Crippen LogP contribution in [0.5, 0.6) is 11.5 Å². The monoisotopic (exact) mass is 398 g/mol. The Morgan fingerprint density at radius 1 is 1.00 bits per heavy atom. The van der Waals surface area contributed by atoms with Gasteiger partial charge < -0.3 is 14.5 Å². The Bertz CT molecular complexity index is 1140. The van der Waals surface area contributed by atoms with E-state index in [4.69, 9.17) is 9.47 Å². The molecule has 0 atom stereocenters. The fraction of sp³-hybridized carbons (Fsp3) is 0.333. The van der Waals surface area contributed by atoms with Gasteiger partial charge in [-0.3, -0.25) is 0 Å². The number of hydrogen-bond donors (Lipinski definition) is 1. The number of H-pyrrole nitrogens is 1. The fourth-order valence-corrected chi connectivity index (χ4v) is 5.57. The Kier molecular flexibility index (Phi) is 4.10. The number of nitrogens with zero attached hydrogens (tertiary/aromatic N) is 1. The summed E-state index contributed by atoms with van der Waals surface area (Å²) in [6, 6.07) is 13.4. The lowest BCUT2D eigenvalue weighted by Gasteiger charge is -2.30. The van der Waals surface area contributed by atoms with E-state index < -0.39 is 10.0 Å². The summed E-state index contributed by atoms with van der Waals surface area (Å²) in [5.41, 5.74) is 3.57. The topological polar surface area (TPSA) is 71.6 Å². The highest BCUT2D eigenvalue weighted by molar-refractivity contribution is 7.89. The molecule has 0 amide bonds. The van der Waals surface area contributed by atoms with Crippen LogP contribution in [0.4, 0.5) is 0 Å². The van der Waals surface area contributed by atoms with E-state index in [1.54, 1.807) is 22.5 Å². The molecule has 1 saturated heterocycles. The minimum absolute atomic E-state index is 0.133. The summed E-state index contributed by atoms with van der Waals surface area (Å²) >= 11 is 0. The summed E-state index contributed by atoms with van der Waals surface area (Å²) in [6.07, 6.45) is 1.60. The molecule has 7 heteroatoms. The van der Waals surface area contributed by atoms with Crippen molar-refractivity contribution in [2.45, 2.75) is 30.6 Å². The van der Waals surface area contributed by atoms with E-state index in [-0.39, 0.29) is 11.7 Å². The van der Waals surface area contributed by atoms with Crippen LogP contribution in [0.3, 0.4) is 0 Å². The van der Waals surface area contributed by atoms with Crippen molar-refractivity contribution in [1.29, 1.82) is 0 Å². The van der Waals surface area contributed by atoms with Crippen molar-refractivity contribution in [3.8, 4) is 11.5 Å². The molecule has 6 nitrogen and oxygen atoms in total. The standard InChI is InChI=1S/C21H22N2O4S/c1-14-2-4-18-16(10-14)11-19(22-18)15-6-8-23(9-7-15)28(24,25)17-3-5-20-21(12-17)27-13-26-20/h2-5,10-12,15,22H,6-9,13H2,1H3. The molecule has 3 aromatic rings. The molecule has 0 unspecified atom stereocenters. The van der Waals surface area contributed by atoms with Crippen LogP contribution in [0, 0.1) is 6.92 Å². The molecule has 146 valence electrons. The number of aromatic amines is 1. The number of aryl methyl sites for hydroxylation is 1. The number of rotatable bonds is 3. The molecule has 1 N–H and O–H groups in total. The molecule has 1 aromatic heterocycles. The maximum atomic E-state index is 13.0. The van der Waals surface area contributed by atoms with Gasteiger partial charge in [0.25, 0.3) is 0 Å². The largest absolute Gasteiger partial charge is 0.454 e. The Morgan fingerprint density at radius 3 is 2.61 bits per heavy atom. The Labute approximate surface area is 164 Å². The lowest BCUT2D eigenvalue weighted by Crippen LogP contribution is -2.37. The quantitative estimate of drug-likeness (QED) is 0.729. The SMILES string of the molecule is Cc1ccc2[nH]c(C3CCN(S(=O)(=O)c4ccc5c(c4)OCO5)CC3)cc2c1. The Morgan fingerprint density at radius 2 is 1.79 bits per heavy atom. The number of ether oxygens (including phenoxy) is 2. The number of nitrogens with one attached hydrogen (secondary N) is 1. The van der Waals surface area contributed by atoms with Gasteiger partial charge in [-0.2, -0.15) is 4.31 Å². The average Bonchev–Trinajstić information content (AvgIpc) is 3.33. The molecular weight excluding hydrogens is 376 g/mol. The third-order valence-electron chi connectivity index (χ3n) is 5.67. The average molecular weight is 398 g/mol. The molecule has 2 aliphatic heterocycles. The molecule has 0 radical (unpaired) electrons. The predicted octanol–water partition coefficient (Wildman–Crippen LogP) is 3.77. The molecule has 0 aliphatic carbocycles. The van der Waals surface area contributed by atoms with E-state index in [0.29, 0.717) is 30.5 Å². The van der Waals surface area contributed by atoms with Crippen LogP contribution in [0.2, 0.25) is 0 Å². The fourth-order valence-electron chi connectivity index (χ4n) is 4.09. The van der Waals surface area contributed by atoms with Gasteiger partial charge in [-0.25, -0.2) is 8.42 Å². The van der Waals surface area contributed by atoms with E-state index >= 15 is 0 Å². The van der Waals surface area contributed by atoms with Gasteiger partial charge in [0.2, 0.25) is 16.8 Å². The second-order valence-electron chi connectivity index (χ2n) is 7.51. The first-order valence-electron chi connectivity index (χ1n) is 9.50. The Balaban J connectivity index is 1.33. The minimum atomic E-state index is -3.53. The van der Waals surface area contributed by atoms with E-state index in [0.717, 1.165) is 18.4 Å². The number of benzene rings is 2. The van der Waals surface area contributed by atoms with Crippen molar-refractivity contribution in [3.63, 3.8) is 0 Å². The summed E-state index contributed by atoms with van der Waals surface area (Å²) in [5.74, 6) is 1.42. The summed E-state index contributed by atoms with van der Waals surface area (Å²) in [6.45, 7) is 3.24. The molecule has 5 rings (SSSR count). The smallest absolute Gasteiger partial charge is 0.243 e. The molecule has 3 heterocycles. The van der Waals surface area contributed by atoms with E-state index in [1.165, 1.54) is 16.6 Å². The van der Waals surface area contributed by atoms with Crippen molar-refractivity contribution >= 4 is 20.9 Å². The molecule has 0 spiro atoms. The molecule has 1 fully saturated rings. The highest BCUT2D eigenvalue weighted by Crippen LogP contribution is 2.36. The first-order chi connectivity index (χ1) is 13.5. The van der Waals surface area contributed by atoms with Gasteiger partial charge >= 0.3 is 0 Å². The van der Waals surface area contributed by atoms with Gasteiger partial charge in [0.05, 0.1) is 4.90 Å². The minimum Gasteiger partial charge on any atom is -0.454 e. The van der Waals surface area contributed by atoms with Crippen molar-refractivity contribution in [1.82, 2.24) is 9.29 Å². The molecule has 0 bridgehead atoms. The van der Waals surface area contributed by atoms with Gasteiger partial charge in [0.1, 0.15) is 0 Å². The van der Waals surface area contributed by atoms with Crippen LogP contribution in [0.25, 0.3) is 10.9 Å². The van der Waals surface area contributed by atoms with E-state index in [2.05, 4.69) is 36.2 Å². The van der Waals surface area contributed by atoms with Crippen LogP contribution >= 0.6 is 0 Å². The van der Waals surface area contributed by atoms with Crippen molar-refractivity contribution in [2.75, 3.05) is 19.9 Å². The van der Waals surface area contributed by atoms with Gasteiger partial charge in [-0.05, 0) is 55.5 Å². The van der Waals surface area contributed by atoms with E-state index in [9.17, 15) is 8.42 Å². The zero-order valence-electron chi connectivity index (χ0n) is 15.6. The summed E-state index contributed by atoms with van der Waals surface area (Å²) in [5, 5.41) is 1.21. The van der Waals surface area contributed by atoms with Gasteiger partial charge in [-0.1, -0.05) is 11.6 Å². The molecule has 2 aromatic carbocycles. The molecule has 2 aliphatic rings. The zero-order chi connectivity index (χ0) is 19.3. The second kappa shape index (κ2) is 6.53. The van der Waals surface area contributed by atoms with Crippen molar-refractivity contribution in [2.24, 2.45) is 0 Å². The van der Waals surface area contributed by atoms with Crippen LogP contribution < -0.4 is 9.47 Å². The maximum absolute atomic E-state index is 13.0. The lowest BCUT2D eigenvalue weighted by molar-refractivity contribution is 0.174.